The van der Waals surface area contributed by atoms with Crippen molar-refractivity contribution in [3.05, 3.63) is 34.1 Å². The first kappa shape index (κ1) is 19.1. The molecule has 1 N–H and O–H groups in total. The van der Waals surface area contributed by atoms with E-state index in [4.69, 9.17) is 0 Å². The van der Waals surface area contributed by atoms with E-state index in [0.29, 0.717) is 10.5 Å². The Kier molecular flexibility index (Phi) is 9.20. The quantitative estimate of drug-likeness (QED) is 0.867. The Morgan fingerprint density at radius 1 is 1.32 bits per heavy atom. The summed E-state index contributed by atoms with van der Waals surface area (Å²) in [6, 6.07) is 5.61. The third-order valence-corrected chi connectivity index (χ3v) is 4.16. The number of halogens is 4. The van der Waals surface area contributed by atoms with Crippen LogP contribution in [0.1, 0.15) is 24.9 Å². The second-order valence-corrected chi connectivity index (χ2v) is 5.15. The monoisotopic (exact) mass is 372 g/mol. The van der Waals surface area contributed by atoms with Crippen LogP contribution in [0.5, 0.6) is 0 Å². The molecule has 0 unspecified atom stereocenters. The van der Waals surface area contributed by atoms with Gasteiger partial charge in [0.05, 0.1) is 4.47 Å². The molecule has 6 heteroatoms. The molecule has 2 nitrogen and oxygen atoms in total. The molecule has 0 bridgehead atoms. The van der Waals surface area contributed by atoms with Crippen molar-refractivity contribution in [2.75, 3.05) is 26.2 Å². The van der Waals surface area contributed by atoms with E-state index in [9.17, 15) is 4.39 Å². The highest BCUT2D eigenvalue weighted by atomic mass is 79.9. The fraction of sp³-hybridized carbons (Fsp3) is 0.538. The Labute approximate surface area is 135 Å². The van der Waals surface area contributed by atoms with Gasteiger partial charge >= 0.3 is 0 Å². The summed E-state index contributed by atoms with van der Waals surface area (Å²) in [4.78, 5) is 2.43. The average molecular weight is 374 g/mol. The summed E-state index contributed by atoms with van der Waals surface area (Å²) in [5.41, 5.74) is 1.06. The predicted octanol–water partition coefficient (Wildman–Crippen LogP) is 3.79. The molecule has 19 heavy (non-hydrogen) atoms. The highest BCUT2D eigenvalue weighted by molar-refractivity contribution is 9.10. The van der Waals surface area contributed by atoms with E-state index in [-0.39, 0.29) is 30.6 Å². The van der Waals surface area contributed by atoms with Gasteiger partial charge in [-0.1, -0.05) is 19.1 Å². The van der Waals surface area contributed by atoms with Gasteiger partial charge in [0.25, 0.3) is 0 Å². The van der Waals surface area contributed by atoms with E-state index in [0.717, 1.165) is 38.2 Å². The molecule has 0 spiro atoms. The molecule has 1 aliphatic heterocycles. The Balaban J connectivity index is 0.00000162. The maximum absolute atomic E-state index is 13.6. The second-order valence-electron chi connectivity index (χ2n) is 4.35. The zero-order valence-electron chi connectivity index (χ0n) is 10.9. The molecule has 0 saturated carbocycles. The van der Waals surface area contributed by atoms with Crippen LogP contribution in [0.4, 0.5) is 4.39 Å². The Hall–Kier alpha value is 0.130. The lowest BCUT2D eigenvalue weighted by Gasteiger charge is -2.35. The minimum absolute atomic E-state index is 0. The maximum Gasteiger partial charge on any atom is 0.137 e. The van der Waals surface area contributed by atoms with Crippen LogP contribution in [0.15, 0.2) is 22.7 Å². The van der Waals surface area contributed by atoms with Gasteiger partial charge in [-0.05, 0) is 34.0 Å². The average Bonchev–Trinajstić information content (AvgIpc) is 2.37. The van der Waals surface area contributed by atoms with Crippen molar-refractivity contribution in [3.63, 3.8) is 0 Å². The summed E-state index contributed by atoms with van der Waals surface area (Å²) < 4.78 is 14.2. The maximum atomic E-state index is 13.6. The van der Waals surface area contributed by atoms with E-state index < -0.39 is 0 Å². The molecule has 2 rings (SSSR count). The van der Waals surface area contributed by atoms with Gasteiger partial charge in [0, 0.05) is 32.2 Å². The van der Waals surface area contributed by atoms with E-state index in [1.807, 2.05) is 6.07 Å². The second kappa shape index (κ2) is 9.14. The lowest BCUT2D eigenvalue weighted by Crippen LogP contribution is -2.45. The Bertz CT molecular complexity index is 387. The SMILES string of the molecule is CC[C@@H](c1cccc(F)c1Br)N1CCNCC1.Cl.Cl. The van der Waals surface area contributed by atoms with Gasteiger partial charge in [-0.2, -0.15) is 0 Å². The van der Waals surface area contributed by atoms with Gasteiger partial charge in [0.2, 0.25) is 0 Å². The van der Waals surface area contributed by atoms with Gasteiger partial charge in [-0.15, -0.1) is 24.8 Å². The first-order chi connectivity index (χ1) is 8.24. The van der Waals surface area contributed by atoms with E-state index in [1.54, 1.807) is 6.07 Å². The summed E-state index contributed by atoms with van der Waals surface area (Å²) in [6.07, 6.45) is 1.00. The van der Waals surface area contributed by atoms with Crippen LogP contribution < -0.4 is 5.32 Å². The van der Waals surface area contributed by atoms with Crippen molar-refractivity contribution in [3.8, 4) is 0 Å². The molecular formula is C13H20BrCl2FN2. The molecule has 0 aromatic heterocycles. The van der Waals surface area contributed by atoms with Crippen molar-refractivity contribution in [1.82, 2.24) is 10.2 Å². The first-order valence-corrected chi connectivity index (χ1v) is 6.92. The molecule has 1 aromatic rings. The molecule has 0 amide bonds. The molecule has 0 radical (unpaired) electrons. The molecule has 1 aliphatic rings. The summed E-state index contributed by atoms with van der Waals surface area (Å²) in [5.74, 6) is -0.170. The van der Waals surface area contributed by atoms with Crippen molar-refractivity contribution in [2.45, 2.75) is 19.4 Å². The summed E-state index contributed by atoms with van der Waals surface area (Å²) in [6.45, 7) is 6.25. The number of hydrogen-bond acceptors (Lipinski definition) is 2. The number of piperazine rings is 1. The number of hydrogen-bond donors (Lipinski definition) is 1. The fourth-order valence-electron chi connectivity index (χ4n) is 2.45. The lowest BCUT2D eigenvalue weighted by molar-refractivity contribution is 0.168. The zero-order chi connectivity index (χ0) is 12.3. The smallest absolute Gasteiger partial charge is 0.137 e. The van der Waals surface area contributed by atoms with E-state index >= 15 is 0 Å². The normalized spacial score (nSPS) is 17.2. The third kappa shape index (κ3) is 4.57. The van der Waals surface area contributed by atoms with Gasteiger partial charge < -0.3 is 5.32 Å². The number of rotatable bonds is 3. The molecule has 110 valence electrons. The Morgan fingerprint density at radius 2 is 1.95 bits per heavy atom. The summed E-state index contributed by atoms with van der Waals surface area (Å²) >= 11 is 3.37. The van der Waals surface area contributed by atoms with Gasteiger partial charge in [0.1, 0.15) is 5.82 Å². The molecule has 1 atom stereocenters. The minimum Gasteiger partial charge on any atom is -0.314 e. The Morgan fingerprint density at radius 3 is 2.53 bits per heavy atom. The molecule has 1 heterocycles. The van der Waals surface area contributed by atoms with Crippen LogP contribution in [0, 0.1) is 5.82 Å². The van der Waals surface area contributed by atoms with Crippen molar-refractivity contribution < 1.29 is 4.39 Å². The van der Waals surface area contributed by atoms with Crippen LogP contribution >= 0.6 is 40.7 Å². The number of benzene rings is 1. The number of nitrogens with one attached hydrogen (secondary N) is 1. The number of nitrogens with zero attached hydrogens (tertiary/aromatic N) is 1. The predicted molar refractivity (Wildman–Crippen MR) is 86.1 cm³/mol. The molecule has 1 fully saturated rings. The zero-order valence-corrected chi connectivity index (χ0v) is 14.1. The third-order valence-electron chi connectivity index (χ3n) is 3.32. The van der Waals surface area contributed by atoms with E-state index in [1.165, 1.54) is 6.07 Å². The van der Waals surface area contributed by atoms with Gasteiger partial charge in [0.15, 0.2) is 0 Å². The highest BCUT2D eigenvalue weighted by Crippen LogP contribution is 2.32. The molecule has 1 aromatic carbocycles. The first-order valence-electron chi connectivity index (χ1n) is 6.12. The van der Waals surface area contributed by atoms with Crippen molar-refractivity contribution in [1.29, 1.82) is 0 Å². The topological polar surface area (TPSA) is 15.3 Å². The van der Waals surface area contributed by atoms with Gasteiger partial charge in [-0.25, -0.2) is 4.39 Å². The minimum atomic E-state index is -0.170. The largest absolute Gasteiger partial charge is 0.314 e. The molecular weight excluding hydrogens is 354 g/mol. The fourth-order valence-corrected chi connectivity index (χ4v) is 2.98. The highest BCUT2D eigenvalue weighted by Gasteiger charge is 2.23. The van der Waals surface area contributed by atoms with E-state index in [2.05, 4.69) is 33.1 Å². The van der Waals surface area contributed by atoms with Gasteiger partial charge in [-0.3, -0.25) is 4.90 Å². The van der Waals surface area contributed by atoms with Crippen LogP contribution in [-0.4, -0.2) is 31.1 Å². The van der Waals surface area contributed by atoms with Crippen LogP contribution in [0.2, 0.25) is 0 Å². The standard InChI is InChI=1S/C13H18BrFN2.2ClH/c1-2-12(17-8-6-16-7-9-17)10-4-3-5-11(15)13(10)14;;/h3-5,12,16H,2,6-9H2,1H3;2*1H/t12-;;/m0../s1. The van der Waals surface area contributed by atoms with Crippen LogP contribution in [0.3, 0.4) is 0 Å². The molecule has 0 aliphatic carbocycles. The van der Waals surface area contributed by atoms with Crippen molar-refractivity contribution >= 4 is 40.7 Å². The van der Waals surface area contributed by atoms with Crippen molar-refractivity contribution in [2.24, 2.45) is 0 Å². The lowest BCUT2D eigenvalue weighted by atomic mass is 10.0. The summed E-state index contributed by atoms with van der Waals surface area (Å²) in [7, 11) is 0. The van der Waals surface area contributed by atoms with Crippen LogP contribution in [0.25, 0.3) is 0 Å². The summed E-state index contributed by atoms with van der Waals surface area (Å²) in [5, 5.41) is 3.34. The van der Waals surface area contributed by atoms with Crippen LogP contribution in [-0.2, 0) is 0 Å². The molecule has 1 saturated heterocycles.